The second-order valence-corrected chi connectivity index (χ2v) is 7.42. The summed E-state index contributed by atoms with van der Waals surface area (Å²) in [5.41, 5.74) is 2.15. The number of carbonyl (C=O) groups excluding carboxylic acids is 1. The summed E-state index contributed by atoms with van der Waals surface area (Å²) in [4.78, 5) is 13.4. The number of nitrogens with zero attached hydrogens (tertiary/aromatic N) is 2. The van der Waals surface area contributed by atoms with Crippen LogP contribution in [0.3, 0.4) is 0 Å². The lowest BCUT2D eigenvalue weighted by Gasteiger charge is -2.23. The van der Waals surface area contributed by atoms with E-state index >= 15 is 0 Å². The van der Waals surface area contributed by atoms with Crippen molar-refractivity contribution in [1.29, 1.82) is 0 Å². The van der Waals surface area contributed by atoms with Crippen LogP contribution in [0.2, 0.25) is 0 Å². The SMILES string of the molecule is COc1ccc(OC)c(C2=NN(C(=O)c3ccco3)C(c3cc(OC)c(OC)c(OC)c3)C2)c1. The average molecular weight is 466 g/mol. The Labute approximate surface area is 197 Å². The van der Waals surface area contributed by atoms with Gasteiger partial charge in [-0.1, -0.05) is 0 Å². The second kappa shape index (κ2) is 9.78. The maximum atomic E-state index is 13.4. The maximum absolute atomic E-state index is 13.4. The fourth-order valence-electron chi connectivity index (χ4n) is 3.97. The molecule has 2 aromatic carbocycles. The predicted octanol–water partition coefficient (Wildman–Crippen LogP) is 4.31. The first-order valence-electron chi connectivity index (χ1n) is 10.5. The van der Waals surface area contributed by atoms with Crippen molar-refractivity contribution >= 4 is 11.6 Å². The van der Waals surface area contributed by atoms with Crippen molar-refractivity contribution in [3.05, 3.63) is 65.6 Å². The van der Waals surface area contributed by atoms with E-state index in [0.717, 1.165) is 11.1 Å². The fourth-order valence-corrected chi connectivity index (χ4v) is 3.97. The summed E-state index contributed by atoms with van der Waals surface area (Å²) in [7, 11) is 7.81. The fraction of sp³-hybridized carbons (Fsp3) is 0.280. The number of methoxy groups -OCH3 is 5. The average Bonchev–Trinajstić information content (AvgIpc) is 3.57. The van der Waals surface area contributed by atoms with E-state index in [-0.39, 0.29) is 11.7 Å². The Morgan fingerprint density at radius 1 is 0.912 bits per heavy atom. The van der Waals surface area contributed by atoms with Crippen molar-refractivity contribution < 1.29 is 32.9 Å². The first-order chi connectivity index (χ1) is 16.5. The van der Waals surface area contributed by atoms with Crippen molar-refractivity contribution in [2.45, 2.75) is 12.5 Å². The molecule has 2 heterocycles. The third-order valence-corrected chi connectivity index (χ3v) is 5.64. The van der Waals surface area contributed by atoms with Gasteiger partial charge in [0.15, 0.2) is 17.3 Å². The van der Waals surface area contributed by atoms with E-state index in [1.807, 2.05) is 24.3 Å². The number of hydrazone groups is 1. The first kappa shape index (κ1) is 23.0. The number of amides is 1. The van der Waals surface area contributed by atoms with Gasteiger partial charge in [-0.2, -0.15) is 5.10 Å². The van der Waals surface area contributed by atoms with Crippen LogP contribution in [-0.2, 0) is 0 Å². The lowest BCUT2D eigenvalue weighted by molar-refractivity contribution is 0.0678. The van der Waals surface area contributed by atoms with Gasteiger partial charge in [-0.3, -0.25) is 4.79 Å². The molecule has 1 atom stereocenters. The molecule has 9 nitrogen and oxygen atoms in total. The monoisotopic (exact) mass is 466 g/mol. The van der Waals surface area contributed by atoms with Gasteiger partial charge < -0.3 is 28.1 Å². The van der Waals surface area contributed by atoms with E-state index < -0.39 is 6.04 Å². The van der Waals surface area contributed by atoms with Crippen LogP contribution >= 0.6 is 0 Å². The van der Waals surface area contributed by atoms with Gasteiger partial charge in [-0.15, -0.1) is 0 Å². The molecule has 3 aromatic rings. The van der Waals surface area contributed by atoms with Gasteiger partial charge in [0, 0.05) is 12.0 Å². The zero-order valence-corrected chi connectivity index (χ0v) is 19.7. The Morgan fingerprint density at radius 2 is 1.62 bits per heavy atom. The smallest absolute Gasteiger partial charge is 0.310 e. The summed E-state index contributed by atoms with van der Waals surface area (Å²) in [6.45, 7) is 0. The van der Waals surface area contributed by atoms with Crippen molar-refractivity contribution in [3.8, 4) is 28.7 Å². The predicted molar refractivity (Wildman–Crippen MR) is 124 cm³/mol. The van der Waals surface area contributed by atoms with Crippen molar-refractivity contribution in [3.63, 3.8) is 0 Å². The molecule has 4 rings (SSSR count). The van der Waals surface area contributed by atoms with Crippen LogP contribution in [-0.4, -0.2) is 52.2 Å². The summed E-state index contributed by atoms with van der Waals surface area (Å²) in [6.07, 6.45) is 1.86. The van der Waals surface area contributed by atoms with Crippen molar-refractivity contribution in [2.75, 3.05) is 35.5 Å². The number of hydrogen-bond acceptors (Lipinski definition) is 8. The molecule has 0 spiro atoms. The molecule has 1 aliphatic rings. The zero-order valence-electron chi connectivity index (χ0n) is 19.7. The Kier molecular flexibility index (Phi) is 6.62. The van der Waals surface area contributed by atoms with Crippen LogP contribution < -0.4 is 23.7 Å². The van der Waals surface area contributed by atoms with E-state index in [0.29, 0.717) is 40.9 Å². The quantitative estimate of drug-likeness (QED) is 0.488. The maximum Gasteiger partial charge on any atom is 0.310 e. The highest BCUT2D eigenvalue weighted by atomic mass is 16.5. The molecule has 1 amide bonds. The number of benzene rings is 2. The molecule has 1 aliphatic heterocycles. The minimum atomic E-state index is -0.461. The number of hydrogen-bond donors (Lipinski definition) is 0. The minimum Gasteiger partial charge on any atom is -0.497 e. The molecule has 1 aromatic heterocycles. The van der Waals surface area contributed by atoms with Crippen LogP contribution in [0.4, 0.5) is 0 Å². The standard InChI is InChI=1S/C25H26N2O7/c1-29-16-8-9-20(30-2)17(13-16)18-14-19(27(26-18)25(28)21-7-6-10-34-21)15-11-22(31-3)24(33-5)23(12-15)32-4/h6-13,19H,14H2,1-5H3. The van der Waals surface area contributed by atoms with Crippen LogP contribution in [0.1, 0.15) is 34.1 Å². The van der Waals surface area contributed by atoms with Gasteiger partial charge in [0.1, 0.15) is 11.5 Å². The first-order valence-corrected chi connectivity index (χ1v) is 10.5. The summed E-state index contributed by atoms with van der Waals surface area (Å²) in [5.74, 6) is 2.50. The largest absolute Gasteiger partial charge is 0.497 e. The van der Waals surface area contributed by atoms with Crippen molar-refractivity contribution in [2.24, 2.45) is 5.10 Å². The van der Waals surface area contributed by atoms with Crippen LogP contribution in [0.15, 0.2) is 58.2 Å². The van der Waals surface area contributed by atoms with Crippen LogP contribution in [0.25, 0.3) is 0 Å². The number of ether oxygens (including phenoxy) is 5. The summed E-state index contributed by atoms with van der Waals surface area (Å²) < 4.78 is 32.8. The Balaban J connectivity index is 1.83. The molecular formula is C25H26N2O7. The van der Waals surface area contributed by atoms with Gasteiger partial charge in [-0.05, 0) is 48.0 Å². The molecule has 9 heteroatoms. The number of furan rings is 1. The van der Waals surface area contributed by atoms with Gasteiger partial charge in [-0.25, -0.2) is 5.01 Å². The lowest BCUT2D eigenvalue weighted by atomic mass is 9.97. The summed E-state index contributed by atoms with van der Waals surface area (Å²) in [5, 5.41) is 6.11. The minimum absolute atomic E-state index is 0.181. The van der Waals surface area contributed by atoms with E-state index in [1.54, 1.807) is 53.7 Å². The number of rotatable bonds is 8. The summed E-state index contributed by atoms with van der Waals surface area (Å²) >= 11 is 0. The van der Waals surface area contributed by atoms with E-state index in [4.69, 9.17) is 33.2 Å². The Morgan fingerprint density at radius 3 is 2.18 bits per heavy atom. The molecule has 1 unspecified atom stereocenters. The van der Waals surface area contributed by atoms with Gasteiger partial charge >= 0.3 is 5.91 Å². The molecular weight excluding hydrogens is 440 g/mol. The summed E-state index contributed by atoms with van der Waals surface area (Å²) in [6, 6.07) is 11.9. The van der Waals surface area contributed by atoms with E-state index in [2.05, 4.69) is 0 Å². The normalized spacial score (nSPS) is 15.0. The molecule has 0 radical (unpaired) electrons. The third-order valence-electron chi connectivity index (χ3n) is 5.64. The van der Waals surface area contributed by atoms with E-state index in [1.165, 1.54) is 11.3 Å². The van der Waals surface area contributed by atoms with Gasteiger partial charge in [0.25, 0.3) is 0 Å². The third kappa shape index (κ3) is 4.12. The van der Waals surface area contributed by atoms with Crippen molar-refractivity contribution in [1.82, 2.24) is 5.01 Å². The molecule has 0 N–H and O–H groups in total. The molecule has 0 fully saturated rings. The Hall–Kier alpha value is -4.14. The molecule has 0 aliphatic carbocycles. The highest BCUT2D eigenvalue weighted by Gasteiger charge is 2.36. The van der Waals surface area contributed by atoms with Gasteiger partial charge in [0.05, 0.1) is 53.6 Å². The van der Waals surface area contributed by atoms with Crippen LogP contribution in [0, 0.1) is 0 Å². The Bertz CT molecular complexity index is 1180. The lowest BCUT2D eigenvalue weighted by Crippen LogP contribution is -2.26. The molecule has 178 valence electrons. The molecule has 0 saturated carbocycles. The second-order valence-electron chi connectivity index (χ2n) is 7.42. The highest BCUT2D eigenvalue weighted by Crippen LogP contribution is 2.44. The molecule has 34 heavy (non-hydrogen) atoms. The highest BCUT2D eigenvalue weighted by molar-refractivity contribution is 6.06. The van der Waals surface area contributed by atoms with Gasteiger partial charge in [0.2, 0.25) is 5.75 Å². The molecule has 0 saturated heterocycles. The topological polar surface area (TPSA) is 92.0 Å². The van der Waals surface area contributed by atoms with Crippen LogP contribution in [0.5, 0.6) is 28.7 Å². The number of carbonyl (C=O) groups is 1. The van der Waals surface area contributed by atoms with E-state index in [9.17, 15) is 4.79 Å². The zero-order chi connectivity index (χ0) is 24.2. The molecule has 0 bridgehead atoms.